The zero-order chi connectivity index (χ0) is 21.0. The number of carboxylic acid groups (broad SMARTS) is 3. The molecule has 1 aliphatic heterocycles. The zero-order valence-electron chi connectivity index (χ0n) is 15.7. The molecule has 0 saturated carbocycles. The standard InChI is InChI=1S/C10H16O5.C7H13NO4/c1-10(2)14-7(9(13)15-10)5-3-4-6-8(11)12;8-5(7(11)12)3-1-2-4-6(9)10/h7H,3-6H2,1-2H3,(H,11,12);5H,1-4,8H2,(H,9,10)(H,11,12). The van der Waals surface area contributed by atoms with Crippen LogP contribution in [0.1, 0.15) is 65.2 Å². The topological polar surface area (TPSA) is 173 Å². The lowest BCUT2D eigenvalue weighted by Gasteiger charge is -2.15. The van der Waals surface area contributed by atoms with Crippen LogP contribution in [0.5, 0.6) is 0 Å². The first-order chi connectivity index (χ1) is 12.4. The average molecular weight is 391 g/mol. The van der Waals surface area contributed by atoms with Crippen molar-refractivity contribution in [3.05, 3.63) is 0 Å². The number of ether oxygens (including phenoxy) is 2. The van der Waals surface area contributed by atoms with Crippen LogP contribution >= 0.6 is 0 Å². The van der Waals surface area contributed by atoms with Gasteiger partial charge >= 0.3 is 23.9 Å². The molecular weight excluding hydrogens is 362 g/mol. The third-order valence-corrected chi connectivity index (χ3v) is 3.62. The Morgan fingerprint density at radius 2 is 1.56 bits per heavy atom. The fourth-order valence-corrected chi connectivity index (χ4v) is 2.27. The third kappa shape index (κ3) is 12.7. The molecule has 0 aliphatic carbocycles. The molecule has 10 nitrogen and oxygen atoms in total. The summed E-state index contributed by atoms with van der Waals surface area (Å²) in [5, 5.41) is 25.0. The van der Waals surface area contributed by atoms with Crippen molar-refractivity contribution in [2.45, 2.75) is 83.1 Å². The zero-order valence-corrected chi connectivity index (χ0v) is 15.7. The normalized spacial score (nSPS) is 18.8. The Morgan fingerprint density at radius 3 is 1.96 bits per heavy atom. The van der Waals surface area contributed by atoms with Gasteiger partial charge in [0.2, 0.25) is 5.79 Å². The molecule has 10 heteroatoms. The third-order valence-electron chi connectivity index (χ3n) is 3.62. The van der Waals surface area contributed by atoms with Crippen molar-refractivity contribution in [3.63, 3.8) is 0 Å². The maximum atomic E-state index is 11.3. The van der Waals surface area contributed by atoms with E-state index in [1.165, 1.54) is 0 Å². The van der Waals surface area contributed by atoms with Crippen molar-refractivity contribution < 1.29 is 44.0 Å². The summed E-state index contributed by atoms with van der Waals surface area (Å²) in [4.78, 5) is 41.7. The highest BCUT2D eigenvalue weighted by molar-refractivity contribution is 5.76. The van der Waals surface area contributed by atoms with E-state index in [0.29, 0.717) is 38.5 Å². The summed E-state index contributed by atoms with van der Waals surface area (Å²) in [6, 6.07) is -0.862. The van der Waals surface area contributed by atoms with Gasteiger partial charge in [-0.05, 0) is 32.1 Å². The van der Waals surface area contributed by atoms with E-state index in [1.54, 1.807) is 13.8 Å². The number of unbranched alkanes of at least 4 members (excludes halogenated alkanes) is 2. The first-order valence-corrected chi connectivity index (χ1v) is 8.77. The molecule has 0 aromatic heterocycles. The number of hydrogen-bond acceptors (Lipinski definition) is 7. The van der Waals surface area contributed by atoms with Crippen LogP contribution in [0.15, 0.2) is 0 Å². The molecule has 1 aliphatic rings. The van der Waals surface area contributed by atoms with Crippen molar-refractivity contribution in [1.29, 1.82) is 0 Å². The molecule has 1 saturated heterocycles. The quantitative estimate of drug-likeness (QED) is 0.297. The molecule has 0 spiro atoms. The van der Waals surface area contributed by atoms with E-state index in [2.05, 4.69) is 0 Å². The SMILES string of the molecule is CC1(C)OC(=O)C(CCCCC(=O)O)O1.NC(CCCCC(=O)O)C(=O)O. The Labute approximate surface area is 157 Å². The van der Waals surface area contributed by atoms with Crippen molar-refractivity contribution in [1.82, 2.24) is 0 Å². The molecule has 27 heavy (non-hydrogen) atoms. The van der Waals surface area contributed by atoms with E-state index in [-0.39, 0.29) is 18.8 Å². The maximum absolute atomic E-state index is 11.3. The Bertz CT molecular complexity index is 519. The minimum Gasteiger partial charge on any atom is -0.481 e. The number of aliphatic carboxylic acids is 3. The Balaban J connectivity index is 0.000000516. The molecule has 1 rings (SSSR count). The highest BCUT2D eigenvalue weighted by atomic mass is 16.8. The summed E-state index contributed by atoms with van der Waals surface area (Å²) in [7, 11) is 0. The van der Waals surface area contributed by atoms with Crippen LogP contribution in [-0.2, 0) is 28.7 Å². The van der Waals surface area contributed by atoms with E-state index < -0.39 is 35.8 Å². The van der Waals surface area contributed by atoms with E-state index in [9.17, 15) is 19.2 Å². The van der Waals surface area contributed by atoms with Gasteiger partial charge in [0.25, 0.3) is 0 Å². The number of nitrogens with two attached hydrogens (primary N) is 1. The first kappa shape index (κ1) is 24.8. The number of cyclic esters (lactones) is 1. The van der Waals surface area contributed by atoms with Crippen molar-refractivity contribution in [2.24, 2.45) is 5.73 Å². The van der Waals surface area contributed by atoms with Gasteiger partial charge in [-0.1, -0.05) is 6.42 Å². The summed E-state index contributed by atoms with van der Waals surface area (Å²) >= 11 is 0. The second-order valence-corrected chi connectivity index (χ2v) is 6.65. The van der Waals surface area contributed by atoms with Crippen LogP contribution in [-0.4, -0.2) is 57.1 Å². The second-order valence-electron chi connectivity index (χ2n) is 6.65. The van der Waals surface area contributed by atoms with Crippen LogP contribution in [0.4, 0.5) is 0 Å². The van der Waals surface area contributed by atoms with Crippen molar-refractivity contribution in [2.75, 3.05) is 0 Å². The monoisotopic (exact) mass is 391 g/mol. The predicted octanol–water partition coefficient (Wildman–Crippen LogP) is 1.35. The van der Waals surface area contributed by atoms with Gasteiger partial charge in [0.15, 0.2) is 6.10 Å². The van der Waals surface area contributed by atoms with Gasteiger partial charge < -0.3 is 30.5 Å². The van der Waals surface area contributed by atoms with Crippen LogP contribution in [0.3, 0.4) is 0 Å². The van der Waals surface area contributed by atoms with Gasteiger partial charge in [0.05, 0.1) is 0 Å². The maximum Gasteiger partial charge on any atom is 0.337 e. The molecule has 0 amide bonds. The fourth-order valence-electron chi connectivity index (χ4n) is 2.27. The Hall–Kier alpha value is -2.20. The first-order valence-electron chi connectivity index (χ1n) is 8.77. The molecule has 2 atom stereocenters. The molecule has 2 unspecified atom stereocenters. The van der Waals surface area contributed by atoms with E-state index in [4.69, 9.17) is 30.5 Å². The highest BCUT2D eigenvalue weighted by Crippen LogP contribution is 2.26. The summed E-state index contributed by atoms with van der Waals surface area (Å²) in [6.45, 7) is 3.37. The lowest BCUT2D eigenvalue weighted by Crippen LogP contribution is -2.29. The fraction of sp³-hybridized carbons (Fsp3) is 0.765. The summed E-state index contributed by atoms with van der Waals surface area (Å²) in [5.74, 6) is -3.90. The van der Waals surface area contributed by atoms with Crippen LogP contribution in [0.2, 0.25) is 0 Å². The molecule has 0 radical (unpaired) electrons. The van der Waals surface area contributed by atoms with Crippen LogP contribution < -0.4 is 5.73 Å². The largest absolute Gasteiger partial charge is 0.481 e. The summed E-state index contributed by atoms with van der Waals surface area (Å²) < 4.78 is 10.3. The number of carbonyl (C=O) groups is 4. The van der Waals surface area contributed by atoms with Gasteiger partial charge in [-0.2, -0.15) is 0 Å². The van der Waals surface area contributed by atoms with Gasteiger partial charge in [-0.3, -0.25) is 14.4 Å². The molecule has 0 bridgehead atoms. The number of hydrogen-bond donors (Lipinski definition) is 4. The van der Waals surface area contributed by atoms with E-state index in [0.717, 1.165) is 0 Å². The lowest BCUT2D eigenvalue weighted by molar-refractivity contribution is -0.161. The summed E-state index contributed by atoms with van der Waals surface area (Å²) in [5.41, 5.74) is 5.19. The van der Waals surface area contributed by atoms with Crippen molar-refractivity contribution >= 4 is 23.9 Å². The molecule has 0 aromatic carbocycles. The van der Waals surface area contributed by atoms with Gasteiger partial charge in [0, 0.05) is 26.7 Å². The minimum atomic E-state index is -1.04. The Morgan fingerprint density at radius 1 is 1.04 bits per heavy atom. The van der Waals surface area contributed by atoms with Crippen LogP contribution in [0.25, 0.3) is 0 Å². The molecule has 0 aromatic rings. The number of carbonyl (C=O) groups excluding carboxylic acids is 1. The summed E-state index contributed by atoms with van der Waals surface area (Å²) in [6.07, 6.45) is 2.77. The molecule has 1 heterocycles. The van der Waals surface area contributed by atoms with Crippen LogP contribution in [0, 0.1) is 0 Å². The molecular formula is C17H29NO9. The Kier molecular flexibility index (Phi) is 11.2. The smallest absolute Gasteiger partial charge is 0.337 e. The number of esters is 1. The van der Waals surface area contributed by atoms with E-state index >= 15 is 0 Å². The molecule has 1 fully saturated rings. The van der Waals surface area contributed by atoms with Gasteiger partial charge in [-0.15, -0.1) is 0 Å². The highest BCUT2D eigenvalue weighted by Gasteiger charge is 2.40. The van der Waals surface area contributed by atoms with Gasteiger partial charge in [-0.25, -0.2) is 4.79 Å². The second kappa shape index (κ2) is 12.2. The minimum absolute atomic E-state index is 0.0757. The number of carboxylic acids is 3. The van der Waals surface area contributed by atoms with E-state index in [1.807, 2.05) is 0 Å². The average Bonchev–Trinajstić information content (AvgIpc) is 2.80. The molecule has 156 valence electrons. The molecule has 5 N–H and O–H groups in total. The lowest BCUT2D eigenvalue weighted by atomic mass is 10.1. The number of rotatable bonds is 11. The predicted molar refractivity (Wildman–Crippen MR) is 92.9 cm³/mol. The van der Waals surface area contributed by atoms with Gasteiger partial charge in [0.1, 0.15) is 6.04 Å². The van der Waals surface area contributed by atoms with Crippen molar-refractivity contribution in [3.8, 4) is 0 Å².